The van der Waals surface area contributed by atoms with Gasteiger partial charge in [0, 0.05) is 13.1 Å². The zero-order valence-corrected chi connectivity index (χ0v) is 17.7. The van der Waals surface area contributed by atoms with E-state index >= 15 is 0 Å². The van der Waals surface area contributed by atoms with E-state index in [1.165, 1.54) is 0 Å². The van der Waals surface area contributed by atoms with Crippen LogP contribution in [0, 0.1) is 23.7 Å². The van der Waals surface area contributed by atoms with Crippen LogP contribution < -0.4 is 10.6 Å². The van der Waals surface area contributed by atoms with E-state index in [0.29, 0.717) is 38.8 Å². The Balaban J connectivity index is 1.54. The fraction of sp³-hybridized carbons (Fsp3) is 0.818. The predicted octanol–water partition coefficient (Wildman–Crippen LogP) is 2.56. The molecule has 8 nitrogen and oxygen atoms in total. The van der Waals surface area contributed by atoms with Crippen molar-refractivity contribution in [3.8, 4) is 0 Å². The molecule has 30 heavy (non-hydrogen) atoms. The van der Waals surface area contributed by atoms with Crippen molar-refractivity contribution in [3.63, 3.8) is 0 Å². The minimum atomic E-state index is -0.875. The summed E-state index contributed by atoms with van der Waals surface area (Å²) in [6, 6.07) is 0. The first-order chi connectivity index (χ1) is 14.4. The fourth-order valence-electron chi connectivity index (χ4n) is 4.77. The molecule has 0 aliphatic heterocycles. The van der Waals surface area contributed by atoms with Crippen molar-refractivity contribution in [2.45, 2.75) is 77.0 Å². The van der Waals surface area contributed by atoms with Crippen LogP contribution in [0.4, 0.5) is 0 Å². The molecular formula is C22H36N2O6. The highest BCUT2D eigenvalue weighted by molar-refractivity contribution is 5.85. The average molecular weight is 425 g/mol. The Hall–Kier alpha value is -2.12. The summed E-state index contributed by atoms with van der Waals surface area (Å²) >= 11 is 0. The van der Waals surface area contributed by atoms with Gasteiger partial charge in [0.2, 0.25) is 11.8 Å². The summed E-state index contributed by atoms with van der Waals surface area (Å²) in [5.41, 5.74) is 0. The monoisotopic (exact) mass is 424 g/mol. The number of aliphatic carboxylic acids is 2. The molecule has 0 saturated heterocycles. The Morgan fingerprint density at radius 2 is 0.900 bits per heavy atom. The number of rotatable bonds is 11. The van der Waals surface area contributed by atoms with Gasteiger partial charge in [-0.15, -0.1) is 0 Å². The number of amides is 2. The Labute approximate surface area is 178 Å². The Morgan fingerprint density at radius 3 is 1.23 bits per heavy atom. The smallest absolute Gasteiger partial charge is 0.307 e. The van der Waals surface area contributed by atoms with E-state index in [2.05, 4.69) is 10.6 Å². The molecule has 2 fully saturated rings. The number of carbonyl (C=O) groups excluding carboxylic acids is 2. The maximum Gasteiger partial charge on any atom is 0.307 e. The van der Waals surface area contributed by atoms with Crippen LogP contribution >= 0.6 is 0 Å². The molecule has 8 heteroatoms. The summed E-state index contributed by atoms with van der Waals surface area (Å²) in [7, 11) is 0. The van der Waals surface area contributed by atoms with Crippen molar-refractivity contribution in [2.75, 3.05) is 13.1 Å². The van der Waals surface area contributed by atoms with Gasteiger partial charge in [-0.1, -0.05) is 38.5 Å². The third kappa shape index (κ3) is 7.29. The van der Waals surface area contributed by atoms with Crippen LogP contribution in [0.3, 0.4) is 0 Å². The maximum absolute atomic E-state index is 12.3. The van der Waals surface area contributed by atoms with Gasteiger partial charge in [0.1, 0.15) is 0 Å². The van der Waals surface area contributed by atoms with Crippen LogP contribution in [0.1, 0.15) is 77.0 Å². The van der Waals surface area contributed by atoms with Gasteiger partial charge in [-0.25, -0.2) is 0 Å². The molecule has 0 bridgehead atoms. The van der Waals surface area contributed by atoms with E-state index in [4.69, 9.17) is 0 Å². The molecule has 0 radical (unpaired) electrons. The lowest BCUT2D eigenvalue weighted by Gasteiger charge is -2.27. The van der Waals surface area contributed by atoms with E-state index in [-0.39, 0.29) is 11.8 Å². The molecule has 0 unspecified atom stereocenters. The molecule has 170 valence electrons. The molecule has 4 N–H and O–H groups in total. The van der Waals surface area contributed by atoms with Gasteiger partial charge >= 0.3 is 11.9 Å². The molecule has 0 aromatic carbocycles. The summed E-state index contributed by atoms with van der Waals surface area (Å²) in [6.07, 6.45) is 9.43. The van der Waals surface area contributed by atoms with Gasteiger partial charge in [0.05, 0.1) is 23.7 Å². The third-order valence-corrected chi connectivity index (χ3v) is 6.54. The second-order valence-corrected chi connectivity index (χ2v) is 8.67. The first-order valence-corrected chi connectivity index (χ1v) is 11.4. The highest BCUT2D eigenvalue weighted by Crippen LogP contribution is 2.31. The van der Waals surface area contributed by atoms with E-state index in [0.717, 1.165) is 51.4 Å². The van der Waals surface area contributed by atoms with Gasteiger partial charge in [-0.3, -0.25) is 19.2 Å². The van der Waals surface area contributed by atoms with Crippen molar-refractivity contribution in [1.82, 2.24) is 10.6 Å². The topological polar surface area (TPSA) is 133 Å². The van der Waals surface area contributed by atoms with Gasteiger partial charge in [0.25, 0.3) is 0 Å². The molecule has 0 aromatic rings. The highest BCUT2D eigenvalue weighted by atomic mass is 16.4. The SMILES string of the molecule is O=C(O)[C@H]1CCCC[C@H]1C(=O)NCCCCCCNC(=O)[C@@H]1CCCC[C@H]1C(=O)O. The summed E-state index contributed by atoms with van der Waals surface area (Å²) in [5.74, 6) is -3.99. The highest BCUT2D eigenvalue weighted by Gasteiger charge is 2.36. The standard InChI is InChI=1S/C22H36N2O6/c25-19(15-9-3-5-11-17(15)21(27)28)23-13-7-1-2-8-14-24-20(26)16-10-4-6-12-18(16)22(29)30/h15-18H,1-14H2,(H,23,25)(H,24,26)(H,27,28)(H,29,30)/t15-,16-,17-,18+/m1/s1. The maximum atomic E-state index is 12.3. The van der Waals surface area contributed by atoms with E-state index in [1.807, 2.05) is 0 Å². The lowest BCUT2D eigenvalue weighted by atomic mass is 9.78. The van der Waals surface area contributed by atoms with Gasteiger partial charge in [-0.2, -0.15) is 0 Å². The quantitative estimate of drug-likeness (QED) is 0.377. The summed E-state index contributed by atoms with van der Waals surface area (Å²) in [5, 5.41) is 24.3. The minimum absolute atomic E-state index is 0.144. The molecule has 2 aliphatic rings. The van der Waals surface area contributed by atoms with Crippen molar-refractivity contribution >= 4 is 23.8 Å². The van der Waals surface area contributed by atoms with E-state index in [1.54, 1.807) is 0 Å². The first kappa shape index (κ1) is 24.2. The Morgan fingerprint density at radius 1 is 0.567 bits per heavy atom. The van der Waals surface area contributed by atoms with Crippen LogP contribution in [0.5, 0.6) is 0 Å². The molecule has 2 rings (SSSR count). The Kier molecular flexibility index (Phi) is 10.1. The average Bonchev–Trinajstić information content (AvgIpc) is 2.75. The number of carboxylic acid groups (broad SMARTS) is 2. The Bertz CT molecular complexity index is 556. The van der Waals surface area contributed by atoms with E-state index in [9.17, 15) is 29.4 Å². The van der Waals surface area contributed by atoms with E-state index < -0.39 is 35.6 Å². The molecule has 2 amide bonds. The summed E-state index contributed by atoms with van der Waals surface area (Å²) in [4.78, 5) is 47.2. The largest absolute Gasteiger partial charge is 0.481 e. The van der Waals surface area contributed by atoms with Crippen molar-refractivity contribution in [3.05, 3.63) is 0 Å². The van der Waals surface area contributed by atoms with Crippen LogP contribution in [0.25, 0.3) is 0 Å². The molecule has 2 saturated carbocycles. The first-order valence-electron chi connectivity index (χ1n) is 11.4. The van der Waals surface area contributed by atoms with Gasteiger partial charge in [-0.05, 0) is 38.5 Å². The number of hydrogen-bond acceptors (Lipinski definition) is 4. The lowest BCUT2D eigenvalue weighted by molar-refractivity contribution is -0.149. The number of unbranched alkanes of at least 4 members (excludes halogenated alkanes) is 3. The zero-order chi connectivity index (χ0) is 21.9. The summed E-state index contributed by atoms with van der Waals surface area (Å²) in [6.45, 7) is 1.08. The molecule has 0 heterocycles. The zero-order valence-electron chi connectivity index (χ0n) is 17.7. The molecular weight excluding hydrogens is 388 g/mol. The molecule has 4 atom stereocenters. The van der Waals surface area contributed by atoms with Crippen molar-refractivity contribution in [2.24, 2.45) is 23.7 Å². The molecule has 2 aliphatic carbocycles. The molecule has 0 aromatic heterocycles. The van der Waals surface area contributed by atoms with Crippen LogP contribution in [-0.2, 0) is 19.2 Å². The van der Waals surface area contributed by atoms with Crippen LogP contribution in [-0.4, -0.2) is 47.1 Å². The van der Waals surface area contributed by atoms with Gasteiger partial charge in [0.15, 0.2) is 0 Å². The summed E-state index contributed by atoms with van der Waals surface area (Å²) < 4.78 is 0. The number of hydrogen-bond donors (Lipinski definition) is 4. The second kappa shape index (κ2) is 12.5. The van der Waals surface area contributed by atoms with Crippen molar-refractivity contribution < 1.29 is 29.4 Å². The second-order valence-electron chi connectivity index (χ2n) is 8.67. The fourth-order valence-corrected chi connectivity index (χ4v) is 4.77. The van der Waals surface area contributed by atoms with Gasteiger partial charge < -0.3 is 20.8 Å². The number of carboxylic acids is 2. The minimum Gasteiger partial charge on any atom is -0.481 e. The van der Waals surface area contributed by atoms with Crippen molar-refractivity contribution in [1.29, 1.82) is 0 Å². The molecule has 0 spiro atoms. The third-order valence-electron chi connectivity index (χ3n) is 6.54. The number of nitrogens with one attached hydrogen (secondary N) is 2. The van der Waals surface area contributed by atoms with Crippen LogP contribution in [0.2, 0.25) is 0 Å². The number of carbonyl (C=O) groups is 4. The van der Waals surface area contributed by atoms with Crippen LogP contribution in [0.15, 0.2) is 0 Å². The lowest BCUT2D eigenvalue weighted by Crippen LogP contribution is -2.40. The predicted molar refractivity (Wildman–Crippen MR) is 111 cm³/mol. The normalized spacial score (nSPS) is 26.5.